The maximum atomic E-state index is 13.5. The van der Waals surface area contributed by atoms with Crippen molar-refractivity contribution in [2.45, 2.75) is 32.6 Å². The number of carbonyl (C=O) groups is 1. The summed E-state index contributed by atoms with van der Waals surface area (Å²) >= 11 is 0. The number of aromatic nitrogens is 2. The second-order valence-electron chi connectivity index (χ2n) is 7.94. The van der Waals surface area contributed by atoms with Crippen LogP contribution in [0.2, 0.25) is 0 Å². The summed E-state index contributed by atoms with van der Waals surface area (Å²) in [6.45, 7) is 7.82. The Morgan fingerprint density at radius 1 is 1.29 bits per heavy atom. The molecule has 0 radical (unpaired) electrons. The molecule has 2 N–H and O–H groups in total. The highest BCUT2D eigenvalue weighted by molar-refractivity contribution is 6.06. The van der Waals surface area contributed by atoms with Crippen molar-refractivity contribution in [2.75, 3.05) is 19.6 Å². The van der Waals surface area contributed by atoms with E-state index < -0.39 is 0 Å². The maximum Gasteiger partial charge on any atom is 0.259 e. The highest BCUT2D eigenvalue weighted by atomic mass is 16.5. The van der Waals surface area contributed by atoms with Gasteiger partial charge < -0.3 is 15.2 Å². The van der Waals surface area contributed by atoms with Crippen LogP contribution in [0.15, 0.2) is 40.9 Å². The van der Waals surface area contributed by atoms with E-state index in [1.807, 2.05) is 49.9 Å². The van der Waals surface area contributed by atoms with Crippen LogP contribution < -0.4 is 5.73 Å². The Bertz CT molecular complexity index is 996. The number of hydrogen-bond acceptors (Lipinski definition) is 5. The molecule has 0 aliphatic carbocycles. The topological polar surface area (TPSA) is 85.2 Å². The van der Waals surface area contributed by atoms with Crippen LogP contribution in [0.5, 0.6) is 0 Å². The predicted molar refractivity (Wildman–Crippen MR) is 108 cm³/mol. The quantitative estimate of drug-likeness (QED) is 0.751. The van der Waals surface area contributed by atoms with E-state index in [1.54, 1.807) is 0 Å². The lowest BCUT2D eigenvalue weighted by Crippen LogP contribution is -2.30. The number of aryl methyl sites for hydroxylation is 1. The lowest BCUT2D eigenvalue weighted by Gasteiger charge is -2.18. The van der Waals surface area contributed by atoms with Gasteiger partial charge in [0, 0.05) is 24.7 Å². The van der Waals surface area contributed by atoms with E-state index in [9.17, 15) is 4.79 Å². The van der Waals surface area contributed by atoms with E-state index in [1.165, 1.54) is 5.56 Å². The Labute approximate surface area is 164 Å². The van der Waals surface area contributed by atoms with E-state index in [0.29, 0.717) is 30.9 Å². The van der Waals surface area contributed by atoms with Crippen molar-refractivity contribution in [3.63, 3.8) is 0 Å². The number of fused-ring (bicyclic) bond motifs is 1. The Balaban J connectivity index is 1.71. The number of nitrogens with two attached hydrogens (primary N) is 1. The first-order valence-corrected chi connectivity index (χ1v) is 9.80. The zero-order valence-corrected chi connectivity index (χ0v) is 16.6. The summed E-state index contributed by atoms with van der Waals surface area (Å²) in [5.74, 6) is 0.639. The molecule has 0 bridgehead atoms. The Hall–Kier alpha value is -2.73. The molecule has 146 valence electrons. The first-order chi connectivity index (χ1) is 13.5. The molecule has 1 aliphatic heterocycles. The van der Waals surface area contributed by atoms with Crippen molar-refractivity contribution in [3.8, 4) is 0 Å². The van der Waals surface area contributed by atoms with Gasteiger partial charge in [-0.05, 0) is 36.9 Å². The van der Waals surface area contributed by atoms with Gasteiger partial charge in [0.1, 0.15) is 0 Å². The predicted octanol–water partition coefficient (Wildman–Crippen LogP) is 3.47. The number of benzene rings is 1. The third kappa shape index (κ3) is 3.18. The Morgan fingerprint density at radius 2 is 2.04 bits per heavy atom. The summed E-state index contributed by atoms with van der Waals surface area (Å²) in [5.41, 5.74) is 9.86. The minimum atomic E-state index is -0.00233. The van der Waals surface area contributed by atoms with Crippen molar-refractivity contribution < 1.29 is 9.32 Å². The Kier molecular flexibility index (Phi) is 4.89. The third-order valence-electron chi connectivity index (χ3n) is 5.64. The molecule has 6 nitrogen and oxygen atoms in total. The van der Waals surface area contributed by atoms with Crippen LogP contribution in [-0.2, 0) is 0 Å². The van der Waals surface area contributed by atoms with Crippen molar-refractivity contribution in [1.82, 2.24) is 15.0 Å². The molecule has 28 heavy (non-hydrogen) atoms. The number of amides is 1. The van der Waals surface area contributed by atoms with Crippen LogP contribution in [0, 0.1) is 12.8 Å². The zero-order chi connectivity index (χ0) is 19.8. The molecule has 1 aliphatic rings. The second-order valence-corrected chi connectivity index (χ2v) is 7.94. The van der Waals surface area contributed by atoms with Crippen LogP contribution in [0.4, 0.5) is 0 Å². The van der Waals surface area contributed by atoms with Gasteiger partial charge in [-0.15, -0.1) is 0 Å². The highest BCUT2D eigenvalue weighted by Gasteiger charge is 2.36. The standard InChI is InChI=1S/C22H26N4O2/c1-13(2)20-19-17(9-14(3)24-21(19)28-25-20)22(27)26-11-16(10-23)18(12-26)15-7-5-4-6-8-15/h4-9,13,16,18H,10-12,23H2,1-3H3/t16-,18+/m1/s1. The van der Waals surface area contributed by atoms with Gasteiger partial charge in [-0.1, -0.05) is 49.3 Å². The van der Waals surface area contributed by atoms with E-state index in [-0.39, 0.29) is 23.7 Å². The van der Waals surface area contributed by atoms with E-state index in [4.69, 9.17) is 10.3 Å². The van der Waals surface area contributed by atoms with Crippen molar-refractivity contribution in [3.05, 3.63) is 58.9 Å². The summed E-state index contributed by atoms with van der Waals surface area (Å²) in [4.78, 5) is 19.9. The SMILES string of the molecule is Cc1cc(C(=O)N2C[C@@H](CN)[C@H](c3ccccc3)C2)c2c(C(C)C)noc2n1. The molecule has 4 rings (SSSR count). The fourth-order valence-electron chi connectivity index (χ4n) is 4.18. The van der Waals surface area contributed by atoms with Gasteiger partial charge in [-0.25, -0.2) is 4.98 Å². The van der Waals surface area contributed by atoms with Gasteiger partial charge in [-0.3, -0.25) is 4.79 Å². The number of hydrogen-bond donors (Lipinski definition) is 1. The maximum absolute atomic E-state index is 13.5. The minimum Gasteiger partial charge on any atom is -0.338 e. The molecule has 1 aromatic carbocycles. The lowest BCUT2D eigenvalue weighted by atomic mass is 9.89. The van der Waals surface area contributed by atoms with Crippen molar-refractivity contribution >= 4 is 17.0 Å². The normalized spacial score (nSPS) is 19.7. The van der Waals surface area contributed by atoms with Crippen molar-refractivity contribution in [2.24, 2.45) is 11.7 Å². The first kappa shape index (κ1) is 18.6. The van der Waals surface area contributed by atoms with Crippen LogP contribution in [-0.4, -0.2) is 40.6 Å². The molecule has 0 saturated carbocycles. The van der Waals surface area contributed by atoms with E-state index in [0.717, 1.165) is 16.8 Å². The minimum absolute atomic E-state index is 0.00233. The summed E-state index contributed by atoms with van der Waals surface area (Å²) in [6.07, 6.45) is 0. The molecule has 1 amide bonds. The van der Waals surface area contributed by atoms with Crippen LogP contribution >= 0.6 is 0 Å². The fourth-order valence-corrected chi connectivity index (χ4v) is 4.18. The molecule has 1 fully saturated rings. The lowest BCUT2D eigenvalue weighted by molar-refractivity contribution is 0.0788. The van der Waals surface area contributed by atoms with Gasteiger partial charge in [-0.2, -0.15) is 0 Å². The Morgan fingerprint density at radius 3 is 2.71 bits per heavy atom. The molecule has 1 saturated heterocycles. The molecule has 2 aromatic heterocycles. The number of pyridine rings is 1. The molecule has 0 unspecified atom stereocenters. The summed E-state index contributed by atoms with van der Waals surface area (Å²) in [6, 6.07) is 12.2. The van der Waals surface area contributed by atoms with E-state index >= 15 is 0 Å². The van der Waals surface area contributed by atoms with Gasteiger partial charge in [0.2, 0.25) is 0 Å². The average molecular weight is 378 g/mol. The summed E-state index contributed by atoms with van der Waals surface area (Å²) in [5, 5.41) is 4.91. The molecule has 3 aromatic rings. The largest absolute Gasteiger partial charge is 0.338 e. The first-order valence-electron chi connectivity index (χ1n) is 9.80. The highest BCUT2D eigenvalue weighted by Crippen LogP contribution is 2.34. The smallest absolute Gasteiger partial charge is 0.259 e. The molecular weight excluding hydrogens is 352 g/mol. The number of rotatable bonds is 4. The molecule has 0 spiro atoms. The monoisotopic (exact) mass is 378 g/mol. The van der Waals surface area contributed by atoms with E-state index in [2.05, 4.69) is 22.3 Å². The van der Waals surface area contributed by atoms with Crippen LogP contribution in [0.3, 0.4) is 0 Å². The van der Waals surface area contributed by atoms with Crippen LogP contribution in [0.1, 0.15) is 53.0 Å². The number of likely N-dealkylation sites (tertiary alicyclic amines) is 1. The zero-order valence-electron chi connectivity index (χ0n) is 16.6. The van der Waals surface area contributed by atoms with Crippen molar-refractivity contribution in [1.29, 1.82) is 0 Å². The van der Waals surface area contributed by atoms with Gasteiger partial charge in [0.15, 0.2) is 0 Å². The molecule has 6 heteroatoms. The molecular formula is C22H26N4O2. The average Bonchev–Trinajstić information content (AvgIpc) is 3.31. The van der Waals surface area contributed by atoms with Gasteiger partial charge >= 0.3 is 0 Å². The summed E-state index contributed by atoms with van der Waals surface area (Å²) < 4.78 is 5.43. The van der Waals surface area contributed by atoms with Gasteiger partial charge in [0.05, 0.1) is 16.6 Å². The summed E-state index contributed by atoms with van der Waals surface area (Å²) in [7, 11) is 0. The fraction of sp³-hybridized carbons (Fsp3) is 0.409. The van der Waals surface area contributed by atoms with Gasteiger partial charge in [0.25, 0.3) is 11.6 Å². The molecule has 3 heterocycles. The number of carbonyl (C=O) groups excluding carboxylic acids is 1. The third-order valence-corrected chi connectivity index (χ3v) is 5.64. The molecule has 2 atom stereocenters. The van der Waals surface area contributed by atoms with Crippen LogP contribution in [0.25, 0.3) is 11.1 Å². The second kappa shape index (κ2) is 7.36. The number of nitrogens with zero attached hydrogens (tertiary/aromatic N) is 3.